The zero-order valence-electron chi connectivity index (χ0n) is 19.5. The number of nitrogens with one attached hydrogen (secondary N) is 1. The summed E-state index contributed by atoms with van der Waals surface area (Å²) in [6.07, 6.45) is 0.640. The van der Waals surface area contributed by atoms with Crippen LogP contribution in [0.25, 0.3) is 22.0 Å². The fraction of sp³-hybridized carbons (Fsp3) is 0.269. The van der Waals surface area contributed by atoms with Gasteiger partial charge in [-0.2, -0.15) is 5.10 Å². The van der Waals surface area contributed by atoms with Gasteiger partial charge in [0.2, 0.25) is 5.43 Å². The Hall–Kier alpha value is -3.81. The maximum Gasteiger partial charge on any atom is 0.263 e. The zero-order chi connectivity index (χ0) is 24.6. The van der Waals surface area contributed by atoms with Gasteiger partial charge in [0.15, 0.2) is 0 Å². The Kier molecular flexibility index (Phi) is 6.32. The van der Waals surface area contributed by atoms with Crippen molar-refractivity contribution in [1.29, 1.82) is 0 Å². The number of carbonyl (C=O) groups excluding carboxylic acids is 1. The molecule has 4 rings (SSSR count). The maximum absolute atomic E-state index is 13.4. The number of nitrogens with zero attached hydrogens (tertiary/aromatic N) is 3. The molecule has 2 aromatic heterocycles. The average Bonchev–Trinajstić information content (AvgIpc) is 3.17. The fourth-order valence-electron chi connectivity index (χ4n) is 4.19. The number of hydrogen-bond acceptors (Lipinski definition) is 3. The van der Waals surface area contributed by atoms with E-state index in [1.807, 2.05) is 43.7 Å². The molecule has 1 N–H and O–H groups in total. The van der Waals surface area contributed by atoms with Gasteiger partial charge in [-0.15, -0.1) is 0 Å². The summed E-state index contributed by atoms with van der Waals surface area (Å²) in [6.45, 7) is 5.86. The van der Waals surface area contributed by atoms with E-state index in [2.05, 4.69) is 10.4 Å². The Balaban J connectivity index is 1.71. The molecule has 2 aromatic carbocycles. The van der Waals surface area contributed by atoms with E-state index in [-0.39, 0.29) is 29.3 Å². The number of carbonyl (C=O) groups is 1. The molecular weight excluding hydrogens is 438 g/mol. The minimum atomic E-state index is -2.66. The lowest BCUT2D eigenvalue weighted by atomic mass is 9.98. The smallest absolute Gasteiger partial charge is 0.263 e. The molecule has 0 fully saturated rings. The van der Waals surface area contributed by atoms with Crippen molar-refractivity contribution in [3.05, 3.63) is 87.5 Å². The molecule has 0 bridgehead atoms. The van der Waals surface area contributed by atoms with Crippen LogP contribution in [0.1, 0.15) is 53.5 Å². The second kappa shape index (κ2) is 9.21. The van der Waals surface area contributed by atoms with Crippen LogP contribution >= 0.6 is 0 Å². The largest absolute Gasteiger partial charge is 0.348 e. The van der Waals surface area contributed by atoms with Crippen LogP contribution in [0, 0.1) is 6.92 Å². The van der Waals surface area contributed by atoms with E-state index >= 15 is 0 Å². The van der Waals surface area contributed by atoms with E-state index in [1.54, 1.807) is 30.1 Å². The topological polar surface area (TPSA) is 68.9 Å². The quantitative estimate of drug-likeness (QED) is 0.429. The Morgan fingerprint density at radius 1 is 1.15 bits per heavy atom. The summed E-state index contributed by atoms with van der Waals surface area (Å²) in [5.74, 6) is -0.517. The van der Waals surface area contributed by atoms with Gasteiger partial charge < -0.3 is 9.88 Å². The molecular formula is C26H26F2N4O2. The lowest BCUT2D eigenvalue weighted by molar-refractivity contribution is 0.0949. The molecule has 6 nitrogen and oxygen atoms in total. The number of benzene rings is 2. The number of hydrogen-bond donors (Lipinski definition) is 1. The van der Waals surface area contributed by atoms with Gasteiger partial charge in [0, 0.05) is 48.0 Å². The number of pyridine rings is 1. The van der Waals surface area contributed by atoms with Crippen molar-refractivity contribution in [3.63, 3.8) is 0 Å². The van der Waals surface area contributed by atoms with E-state index < -0.39 is 17.8 Å². The predicted octanol–water partition coefficient (Wildman–Crippen LogP) is 5.16. The molecule has 2 heterocycles. The minimum absolute atomic E-state index is 0.0285. The Morgan fingerprint density at radius 3 is 2.62 bits per heavy atom. The monoisotopic (exact) mass is 464 g/mol. The summed E-state index contributed by atoms with van der Waals surface area (Å²) in [7, 11) is 1.86. The second-order valence-corrected chi connectivity index (χ2v) is 8.60. The molecule has 4 aromatic rings. The van der Waals surface area contributed by atoms with Crippen LogP contribution in [0.4, 0.5) is 8.78 Å². The van der Waals surface area contributed by atoms with Gasteiger partial charge >= 0.3 is 0 Å². The van der Waals surface area contributed by atoms with E-state index in [0.29, 0.717) is 11.3 Å². The Bertz CT molecular complexity index is 1440. The molecule has 0 unspecified atom stereocenters. The van der Waals surface area contributed by atoms with Crippen molar-refractivity contribution in [2.45, 2.75) is 39.8 Å². The molecule has 34 heavy (non-hydrogen) atoms. The SMILES string of the molecule is Cc1c(-c2cccc(C(F)F)c2)c(=O)c(C(=O)NCc2ccc3c(cnn3C)c2)cn1C(C)C. The summed E-state index contributed by atoms with van der Waals surface area (Å²) in [5, 5.41) is 7.99. The number of amides is 1. The van der Waals surface area contributed by atoms with Gasteiger partial charge in [0.05, 0.1) is 11.7 Å². The molecule has 0 aliphatic heterocycles. The summed E-state index contributed by atoms with van der Waals surface area (Å²) < 4.78 is 30.2. The summed E-state index contributed by atoms with van der Waals surface area (Å²) in [5.41, 5.74) is 2.39. The second-order valence-electron chi connectivity index (χ2n) is 8.60. The first-order valence-corrected chi connectivity index (χ1v) is 11.0. The molecule has 0 saturated heterocycles. The lowest BCUT2D eigenvalue weighted by Gasteiger charge is -2.20. The van der Waals surface area contributed by atoms with E-state index in [4.69, 9.17) is 0 Å². The standard InChI is InChI=1S/C26H26F2N4O2/c1-15(2)32-14-21(24(33)23(16(32)3)18-6-5-7-19(11-18)25(27)28)26(34)29-12-17-8-9-22-20(10-17)13-30-31(22)4/h5-11,13-15,25H,12H2,1-4H3,(H,29,34). The summed E-state index contributed by atoms with van der Waals surface area (Å²) in [4.78, 5) is 26.5. The maximum atomic E-state index is 13.4. The highest BCUT2D eigenvalue weighted by atomic mass is 19.3. The Morgan fingerprint density at radius 2 is 1.91 bits per heavy atom. The minimum Gasteiger partial charge on any atom is -0.348 e. The molecule has 0 spiro atoms. The number of fused-ring (bicyclic) bond motifs is 1. The molecule has 0 saturated carbocycles. The van der Waals surface area contributed by atoms with Crippen molar-refractivity contribution < 1.29 is 13.6 Å². The third-order valence-corrected chi connectivity index (χ3v) is 5.98. The number of rotatable bonds is 6. The molecule has 0 radical (unpaired) electrons. The van der Waals surface area contributed by atoms with Gasteiger partial charge in [0.1, 0.15) is 5.56 Å². The lowest BCUT2D eigenvalue weighted by Crippen LogP contribution is -2.31. The van der Waals surface area contributed by atoms with Crippen molar-refractivity contribution in [1.82, 2.24) is 19.7 Å². The zero-order valence-corrected chi connectivity index (χ0v) is 19.5. The molecule has 0 aliphatic rings. The highest BCUT2D eigenvalue weighted by Crippen LogP contribution is 2.27. The van der Waals surface area contributed by atoms with Crippen LogP contribution in [0.3, 0.4) is 0 Å². The highest BCUT2D eigenvalue weighted by Gasteiger charge is 2.21. The van der Waals surface area contributed by atoms with Gasteiger partial charge in [-0.3, -0.25) is 14.3 Å². The third kappa shape index (κ3) is 4.35. The van der Waals surface area contributed by atoms with Crippen LogP contribution < -0.4 is 10.7 Å². The van der Waals surface area contributed by atoms with Crippen LogP contribution in [0.15, 0.2) is 59.7 Å². The first kappa shape index (κ1) is 23.4. The number of halogens is 2. The number of alkyl halides is 2. The first-order chi connectivity index (χ1) is 16.2. The van der Waals surface area contributed by atoms with E-state index in [0.717, 1.165) is 16.5 Å². The number of aryl methyl sites for hydroxylation is 1. The van der Waals surface area contributed by atoms with Crippen molar-refractivity contribution in [2.24, 2.45) is 7.05 Å². The Labute approximate surface area is 195 Å². The van der Waals surface area contributed by atoms with E-state index in [9.17, 15) is 18.4 Å². The van der Waals surface area contributed by atoms with Crippen molar-refractivity contribution >= 4 is 16.8 Å². The van der Waals surface area contributed by atoms with Crippen molar-refractivity contribution in [3.8, 4) is 11.1 Å². The van der Waals surface area contributed by atoms with Crippen molar-refractivity contribution in [2.75, 3.05) is 0 Å². The van der Waals surface area contributed by atoms with Gasteiger partial charge in [-0.05, 0) is 50.1 Å². The molecule has 0 aliphatic carbocycles. The van der Waals surface area contributed by atoms with Crippen LogP contribution in [0.2, 0.25) is 0 Å². The summed E-state index contributed by atoms with van der Waals surface area (Å²) in [6, 6.07) is 11.5. The van der Waals surface area contributed by atoms with E-state index in [1.165, 1.54) is 18.2 Å². The van der Waals surface area contributed by atoms with Gasteiger partial charge in [-0.1, -0.05) is 24.3 Å². The molecule has 176 valence electrons. The fourth-order valence-corrected chi connectivity index (χ4v) is 4.19. The van der Waals surface area contributed by atoms with Crippen LogP contribution in [-0.2, 0) is 13.6 Å². The third-order valence-electron chi connectivity index (χ3n) is 5.98. The average molecular weight is 465 g/mol. The number of aromatic nitrogens is 3. The van der Waals surface area contributed by atoms with Gasteiger partial charge in [-0.25, -0.2) is 8.78 Å². The predicted molar refractivity (Wildman–Crippen MR) is 128 cm³/mol. The van der Waals surface area contributed by atoms with Crippen LogP contribution in [0.5, 0.6) is 0 Å². The van der Waals surface area contributed by atoms with Gasteiger partial charge in [0.25, 0.3) is 12.3 Å². The van der Waals surface area contributed by atoms with Crippen LogP contribution in [-0.4, -0.2) is 20.3 Å². The highest BCUT2D eigenvalue weighted by molar-refractivity contribution is 5.95. The normalized spacial score (nSPS) is 11.5. The molecule has 1 amide bonds. The molecule has 0 atom stereocenters. The molecule has 8 heteroatoms. The first-order valence-electron chi connectivity index (χ1n) is 11.0. The summed E-state index contributed by atoms with van der Waals surface area (Å²) >= 11 is 0.